The second-order valence-corrected chi connectivity index (χ2v) is 8.88. The first-order chi connectivity index (χ1) is 17.6. The lowest BCUT2D eigenvalue weighted by atomic mass is 9.98. The standard InChI is InChI=1S/C28H28FN5O2/c29-23-8-3-5-20(15-23)12-13-31-27-25(28(36)32-17-21-6-4-14-34(18-21)19-35)10-11-26(33-27)24-9-2-1-7-22(24)16-30/h1-3,5,7-11,15,19,21H,4,6,12-14,17-18H2,(H,31,33)(H,32,36)/t21-/m1/s1. The maximum Gasteiger partial charge on any atom is 0.255 e. The zero-order valence-corrected chi connectivity index (χ0v) is 19.9. The van der Waals surface area contributed by atoms with E-state index in [0.717, 1.165) is 31.4 Å². The number of aromatic nitrogens is 1. The molecule has 1 fully saturated rings. The average molecular weight is 486 g/mol. The fourth-order valence-electron chi connectivity index (χ4n) is 4.44. The quantitative estimate of drug-likeness (QED) is 0.446. The summed E-state index contributed by atoms with van der Waals surface area (Å²) >= 11 is 0. The fourth-order valence-corrected chi connectivity index (χ4v) is 4.44. The summed E-state index contributed by atoms with van der Waals surface area (Å²) in [6, 6.07) is 19.2. The Labute approximate surface area is 210 Å². The summed E-state index contributed by atoms with van der Waals surface area (Å²) in [6.07, 6.45) is 3.27. The number of nitrogens with zero attached hydrogens (tertiary/aromatic N) is 3. The van der Waals surface area contributed by atoms with Gasteiger partial charge in [-0.2, -0.15) is 5.26 Å². The number of anilines is 1. The number of carbonyl (C=O) groups excluding carboxylic acids is 2. The molecular formula is C28H28FN5O2. The molecule has 1 aliphatic rings. The van der Waals surface area contributed by atoms with Crippen molar-refractivity contribution in [3.05, 3.63) is 83.2 Å². The van der Waals surface area contributed by atoms with Crippen LogP contribution in [0.3, 0.4) is 0 Å². The molecule has 0 aliphatic carbocycles. The van der Waals surface area contributed by atoms with Crippen molar-refractivity contribution >= 4 is 18.1 Å². The van der Waals surface area contributed by atoms with Gasteiger partial charge in [0.15, 0.2) is 0 Å². The second kappa shape index (κ2) is 11.9. The smallest absolute Gasteiger partial charge is 0.255 e. The van der Waals surface area contributed by atoms with Gasteiger partial charge in [-0.05, 0) is 61.1 Å². The number of amides is 2. The summed E-state index contributed by atoms with van der Waals surface area (Å²) in [7, 11) is 0. The minimum atomic E-state index is -0.295. The Morgan fingerprint density at radius 3 is 2.86 bits per heavy atom. The molecule has 2 heterocycles. The third-order valence-electron chi connectivity index (χ3n) is 6.31. The number of pyridine rings is 1. The number of benzene rings is 2. The minimum Gasteiger partial charge on any atom is -0.369 e. The normalized spacial score (nSPS) is 15.1. The molecule has 4 rings (SSSR count). The van der Waals surface area contributed by atoms with E-state index in [-0.39, 0.29) is 17.6 Å². The largest absolute Gasteiger partial charge is 0.369 e. The first-order valence-electron chi connectivity index (χ1n) is 12.0. The number of halogens is 1. The van der Waals surface area contributed by atoms with E-state index < -0.39 is 0 Å². The number of nitrogens with one attached hydrogen (secondary N) is 2. The first kappa shape index (κ1) is 24.9. The van der Waals surface area contributed by atoms with Crippen molar-refractivity contribution in [1.82, 2.24) is 15.2 Å². The Morgan fingerprint density at radius 1 is 1.19 bits per heavy atom. The van der Waals surface area contributed by atoms with Crippen molar-refractivity contribution in [1.29, 1.82) is 5.26 Å². The molecule has 0 spiro atoms. The average Bonchev–Trinajstić information content (AvgIpc) is 2.92. The topological polar surface area (TPSA) is 98.1 Å². The maximum absolute atomic E-state index is 13.6. The number of rotatable bonds is 9. The van der Waals surface area contributed by atoms with E-state index in [9.17, 15) is 19.2 Å². The lowest BCUT2D eigenvalue weighted by Crippen LogP contribution is -2.40. The van der Waals surface area contributed by atoms with Gasteiger partial charge < -0.3 is 15.5 Å². The summed E-state index contributed by atoms with van der Waals surface area (Å²) in [5.41, 5.74) is 2.96. The summed E-state index contributed by atoms with van der Waals surface area (Å²) in [4.78, 5) is 30.7. The van der Waals surface area contributed by atoms with Crippen LogP contribution < -0.4 is 10.6 Å². The van der Waals surface area contributed by atoms with Crippen LogP contribution in [0.2, 0.25) is 0 Å². The Balaban J connectivity index is 1.53. The molecule has 0 unspecified atom stereocenters. The van der Waals surface area contributed by atoms with Crippen molar-refractivity contribution in [2.45, 2.75) is 19.3 Å². The first-order valence-corrected chi connectivity index (χ1v) is 12.0. The predicted molar refractivity (Wildman–Crippen MR) is 136 cm³/mol. The van der Waals surface area contributed by atoms with Gasteiger partial charge in [0, 0.05) is 31.7 Å². The van der Waals surface area contributed by atoms with Crippen molar-refractivity contribution < 1.29 is 14.0 Å². The van der Waals surface area contributed by atoms with Crippen molar-refractivity contribution in [2.75, 3.05) is 31.5 Å². The molecule has 36 heavy (non-hydrogen) atoms. The van der Waals surface area contributed by atoms with Crippen LogP contribution in [0.5, 0.6) is 0 Å². The monoisotopic (exact) mass is 485 g/mol. The molecule has 2 N–H and O–H groups in total. The van der Waals surface area contributed by atoms with Crippen molar-refractivity contribution in [3.63, 3.8) is 0 Å². The lowest BCUT2D eigenvalue weighted by molar-refractivity contribution is -0.119. The number of piperidine rings is 1. The van der Waals surface area contributed by atoms with Crippen LogP contribution in [-0.2, 0) is 11.2 Å². The van der Waals surface area contributed by atoms with Crippen LogP contribution in [-0.4, -0.2) is 48.4 Å². The molecule has 3 aromatic rings. The Morgan fingerprint density at radius 2 is 2.06 bits per heavy atom. The van der Waals surface area contributed by atoms with E-state index in [2.05, 4.69) is 21.7 Å². The SMILES string of the molecule is N#Cc1ccccc1-c1ccc(C(=O)NC[C@H]2CCCN(C=O)C2)c(NCCc2cccc(F)c2)n1. The highest BCUT2D eigenvalue weighted by molar-refractivity contribution is 5.99. The number of nitriles is 1. The van der Waals surface area contributed by atoms with Gasteiger partial charge in [0.1, 0.15) is 11.6 Å². The molecule has 1 aromatic heterocycles. The Kier molecular flexibility index (Phi) is 8.24. The van der Waals surface area contributed by atoms with E-state index >= 15 is 0 Å². The molecule has 2 aromatic carbocycles. The number of hydrogen-bond acceptors (Lipinski definition) is 5. The van der Waals surface area contributed by atoms with Gasteiger partial charge in [0.25, 0.3) is 5.91 Å². The van der Waals surface area contributed by atoms with Crippen LogP contribution in [0.25, 0.3) is 11.3 Å². The molecular weight excluding hydrogens is 457 g/mol. The molecule has 7 nitrogen and oxygen atoms in total. The summed E-state index contributed by atoms with van der Waals surface area (Å²) < 4.78 is 13.6. The molecule has 1 saturated heterocycles. The third-order valence-corrected chi connectivity index (χ3v) is 6.31. The maximum atomic E-state index is 13.6. The van der Waals surface area contributed by atoms with E-state index in [1.165, 1.54) is 12.1 Å². The molecule has 0 bridgehead atoms. The van der Waals surface area contributed by atoms with Crippen LogP contribution in [0, 0.1) is 23.1 Å². The zero-order valence-electron chi connectivity index (χ0n) is 19.9. The molecule has 1 aliphatic heterocycles. The van der Waals surface area contributed by atoms with E-state index in [4.69, 9.17) is 0 Å². The van der Waals surface area contributed by atoms with Crippen LogP contribution in [0.4, 0.5) is 10.2 Å². The molecule has 0 radical (unpaired) electrons. The molecule has 0 saturated carbocycles. The van der Waals surface area contributed by atoms with Crippen LogP contribution in [0.1, 0.15) is 34.3 Å². The number of hydrogen-bond donors (Lipinski definition) is 2. The van der Waals surface area contributed by atoms with Gasteiger partial charge in [-0.25, -0.2) is 9.37 Å². The predicted octanol–water partition coefficient (Wildman–Crippen LogP) is 4.01. The van der Waals surface area contributed by atoms with Gasteiger partial charge in [0.2, 0.25) is 6.41 Å². The lowest BCUT2D eigenvalue weighted by Gasteiger charge is -2.30. The Hall–Kier alpha value is -4.25. The number of likely N-dealkylation sites (tertiary alicyclic amines) is 1. The molecule has 1 atom stereocenters. The second-order valence-electron chi connectivity index (χ2n) is 8.88. The van der Waals surface area contributed by atoms with Crippen molar-refractivity contribution in [3.8, 4) is 17.3 Å². The van der Waals surface area contributed by atoms with Crippen molar-refractivity contribution in [2.24, 2.45) is 5.92 Å². The van der Waals surface area contributed by atoms with E-state index in [1.54, 1.807) is 35.2 Å². The molecule has 2 amide bonds. The van der Waals surface area contributed by atoms with Gasteiger partial charge >= 0.3 is 0 Å². The van der Waals surface area contributed by atoms with Crippen LogP contribution >= 0.6 is 0 Å². The van der Waals surface area contributed by atoms with E-state index in [0.29, 0.717) is 54.3 Å². The number of carbonyl (C=O) groups is 2. The molecule has 184 valence electrons. The van der Waals surface area contributed by atoms with Gasteiger partial charge in [-0.15, -0.1) is 0 Å². The Bertz CT molecular complexity index is 1270. The van der Waals surface area contributed by atoms with Gasteiger partial charge in [0.05, 0.1) is 22.9 Å². The summed E-state index contributed by atoms with van der Waals surface area (Å²) in [5, 5.41) is 15.7. The molecule has 8 heteroatoms. The van der Waals surface area contributed by atoms with Gasteiger partial charge in [-0.1, -0.05) is 30.3 Å². The highest BCUT2D eigenvalue weighted by atomic mass is 19.1. The van der Waals surface area contributed by atoms with E-state index in [1.807, 2.05) is 18.2 Å². The van der Waals surface area contributed by atoms with Gasteiger partial charge in [-0.3, -0.25) is 9.59 Å². The summed E-state index contributed by atoms with van der Waals surface area (Å²) in [5.74, 6) is 0.0371. The third kappa shape index (κ3) is 6.25. The zero-order chi connectivity index (χ0) is 25.3. The highest BCUT2D eigenvalue weighted by Crippen LogP contribution is 2.25. The minimum absolute atomic E-state index is 0.201. The fraction of sp³-hybridized carbons (Fsp3) is 0.286. The highest BCUT2D eigenvalue weighted by Gasteiger charge is 2.21. The summed E-state index contributed by atoms with van der Waals surface area (Å²) in [6.45, 7) is 2.29. The van der Waals surface area contributed by atoms with Crippen LogP contribution in [0.15, 0.2) is 60.7 Å².